The average molecular weight is 287 g/mol. The summed E-state index contributed by atoms with van der Waals surface area (Å²) in [5.74, 6) is -0.916. The van der Waals surface area contributed by atoms with Crippen LogP contribution < -0.4 is 4.74 Å². The lowest BCUT2D eigenvalue weighted by Gasteiger charge is -2.11. The molecular weight excluding hydrogens is 275 g/mol. The maximum absolute atomic E-state index is 12.5. The second-order valence-corrected chi connectivity index (χ2v) is 3.78. The molecule has 0 unspecified atom stereocenters. The zero-order valence-electron chi connectivity index (χ0n) is 10.8. The predicted octanol–water partition coefficient (Wildman–Crippen LogP) is 2.83. The minimum atomic E-state index is -4.58. The van der Waals surface area contributed by atoms with Crippen molar-refractivity contribution >= 4 is 12.1 Å². The first-order valence-corrected chi connectivity index (χ1v) is 5.65. The van der Waals surface area contributed by atoms with Crippen LogP contribution in [0.2, 0.25) is 0 Å². The van der Waals surface area contributed by atoms with E-state index >= 15 is 0 Å². The van der Waals surface area contributed by atoms with Crippen molar-refractivity contribution in [3.63, 3.8) is 0 Å². The van der Waals surface area contributed by atoms with Crippen molar-refractivity contribution in [3.8, 4) is 5.75 Å². The quantitative estimate of drug-likeness (QED) is 0.474. The van der Waals surface area contributed by atoms with Crippen LogP contribution in [-0.2, 0) is 11.0 Å². The van der Waals surface area contributed by atoms with Gasteiger partial charge in [-0.15, -0.1) is 0 Å². The Morgan fingerprint density at radius 1 is 1.45 bits per heavy atom. The Kier molecular flexibility index (Phi) is 5.01. The summed E-state index contributed by atoms with van der Waals surface area (Å²) in [6, 6.07) is 0.703. The Bertz CT molecular complexity index is 550. The second-order valence-electron chi connectivity index (χ2n) is 3.78. The van der Waals surface area contributed by atoms with Crippen LogP contribution in [0, 0.1) is 0 Å². The van der Waals surface area contributed by atoms with Gasteiger partial charge in [0.2, 0.25) is 5.78 Å². The van der Waals surface area contributed by atoms with Gasteiger partial charge < -0.3 is 4.74 Å². The number of methoxy groups -OCH3 is 1. The molecule has 0 amide bonds. The summed E-state index contributed by atoms with van der Waals surface area (Å²) in [7, 11) is 1.14. The van der Waals surface area contributed by atoms with E-state index in [1.807, 2.05) is 0 Å². The number of hydrogen-bond acceptors (Lipinski definition) is 4. The molecule has 1 aromatic rings. The molecule has 4 nitrogen and oxygen atoms in total. The summed E-state index contributed by atoms with van der Waals surface area (Å²) >= 11 is 0. The van der Waals surface area contributed by atoms with Crippen LogP contribution in [-0.4, -0.2) is 24.2 Å². The van der Waals surface area contributed by atoms with Gasteiger partial charge in [-0.3, -0.25) is 9.59 Å². The number of halogens is 3. The van der Waals surface area contributed by atoms with E-state index < -0.39 is 17.5 Å². The molecule has 0 aliphatic heterocycles. The van der Waals surface area contributed by atoms with Gasteiger partial charge in [0.05, 0.1) is 12.7 Å². The lowest BCUT2D eigenvalue weighted by Crippen LogP contribution is -2.12. The largest absolute Gasteiger partial charge is 0.494 e. The van der Waals surface area contributed by atoms with E-state index in [4.69, 9.17) is 4.74 Å². The van der Waals surface area contributed by atoms with Gasteiger partial charge in [-0.2, -0.15) is 13.2 Å². The predicted molar refractivity (Wildman–Crippen MR) is 64.6 cm³/mol. The average Bonchev–Trinajstić information content (AvgIpc) is 2.42. The van der Waals surface area contributed by atoms with Crippen molar-refractivity contribution in [3.05, 3.63) is 35.2 Å². The number of ether oxygens (including phenoxy) is 1. The zero-order valence-corrected chi connectivity index (χ0v) is 10.8. The molecule has 108 valence electrons. The topological polar surface area (TPSA) is 56.3 Å². The van der Waals surface area contributed by atoms with Crippen molar-refractivity contribution in [1.29, 1.82) is 0 Å². The number of carbonyl (C=O) groups excluding carboxylic acids is 2. The van der Waals surface area contributed by atoms with Crippen LogP contribution in [0.15, 0.2) is 23.9 Å². The van der Waals surface area contributed by atoms with Gasteiger partial charge in [-0.25, -0.2) is 4.98 Å². The van der Waals surface area contributed by atoms with Crippen LogP contribution in [0.3, 0.4) is 0 Å². The van der Waals surface area contributed by atoms with E-state index in [1.165, 1.54) is 0 Å². The summed E-state index contributed by atoms with van der Waals surface area (Å²) in [5, 5.41) is 0. The Morgan fingerprint density at radius 2 is 2.10 bits per heavy atom. The van der Waals surface area contributed by atoms with Crippen LogP contribution in [0.1, 0.15) is 29.4 Å². The molecule has 0 bridgehead atoms. The van der Waals surface area contributed by atoms with Crippen LogP contribution >= 0.6 is 0 Å². The molecule has 0 saturated heterocycles. The molecule has 0 aliphatic carbocycles. The minimum absolute atomic E-state index is 0.144. The molecule has 0 N–H and O–H groups in total. The van der Waals surface area contributed by atoms with E-state index in [0.717, 1.165) is 13.2 Å². The molecule has 1 rings (SSSR count). The molecule has 1 aromatic heterocycles. The maximum atomic E-state index is 12.5. The van der Waals surface area contributed by atoms with Gasteiger partial charge in [-0.05, 0) is 18.6 Å². The molecule has 7 heteroatoms. The number of alkyl halides is 3. The van der Waals surface area contributed by atoms with Gasteiger partial charge in [0, 0.05) is 11.8 Å². The summed E-state index contributed by atoms with van der Waals surface area (Å²) < 4.78 is 42.4. The van der Waals surface area contributed by atoms with Gasteiger partial charge in [0.1, 0.15) is 12.0 Å². The normalized spacial score (nSPS) is 12.2. The highest BCUT2D eigenvalue weighted by Gasteiger charge is 2.32. The molecule has 0 saturated carbocycles. The van der Waals surface area contributed by atoms with Crippen LogP contribution in [0.25, 0.3) is 0 Å². The molecule has 0 radical (unpaired) electrons. The highest BCUT2D eigenvalue weighted by atomic mass is 19.4. The molecule has 1 heterocycles. The molecule has 0 atom stereocenters. The number of pyridine rings is 1. The Balaban J connectivity index is 3.29. The molecule has 0 aromatic carbocycles. The van der Waals surface area contributed by atoms with Gasteiger partial charge in [-0.1, -0.05) is 6.92 Å². The number of aromatic nitrogens is 1. The molecule has 0 spiro atoms. The molecule has 0 aliphatic rings. The van der Waals surface area contributed by atoms with Crippen molar-refractivity contribution < 1.29 is 27.5 Å². The number of rotatable bonds is 5. The number of aldehydes is 1. The summed E-state index contributed by atoms with van der Waals surface area (Å²) in [4.78, 5) is 26.0. The fraction of sp³-hybridized carbons (Fsp3) is 0.308. The van der Waals surface area contributed by atoms with Gasteiger partial charge in [0.25, 0.3) is 0 Å². The summed E-state index contributed by atoms with van der Waals surface area (Å²) in [6.07, 6.45) is -2.27. The number of ketones is 1. The smallest absolute Gasteiger partial charge is 0.418 e. The first-order valence-electron chi connectivity index (χ1n) is 5.65. The highest BCUT2D eigenvalue weighted by Crippen LogP contribution is 2.32. The highest BCUT2D eigenvalue weighted by molar-refractivity contribution is 6.10. The fourth-order valence-electron chi connectivity index (χ4n) is 1.51. The number of carbonyl (C=O) groups is 2. The summed E-state index contributed by atoms with van der Waals surface area (Å²) in [6.45, 7) is 1.64. The molecule has 20 heavy (non-hydrogen) atoms. The third kappa shape index (κ3) is 3.43. The van der Waals surface area contributed by atoms with Crippen molar-refractivity contribution in [2.75, 3.05) is 7.11 Å². The van der Waals surface area contributed by atoms with E-state index in [1.54, 1.807) is 6.92 Å². The van der Waals surface area contributed by atoms with Gasteiger partial charge in [0.15, 0.2) is 5.69 Å². The monoisotopic (exact) mass is 287 g/mol. The number of hydrogen-bond donors (Lipinski definition) is 0. The Morgan fingerprint density at radius 3 is 2.55 bits per heavy atom. The minimum Gasteiger partial charge on any atom is -0.494 e. The van der Waals surface area contributed by atoms with E-state index in [0.29, 0.717) is 18.5 Å². The Labute approximate surface area is 113 Å². The van der Waals surface area contributed by atoms with Crippen LogP contribution in [0.4, 0.5) is 13.2 Å². The zero-order chi connectivity index (χ0) is 15.3. The lowest BCUT2D eigenvalue weighted by molar-refractivity contribution is -0.138. The Hall–Kier alpha value is -2.18. The second kappa shape index (κ2) is 6.31. The number of allylic oxidation sites excluding steroid dienone is 2. The first kappa shape index (κ1) is 15.9. The SMILES string of the molecule is CC/C(=C/C=O)C(=O)c1ncc(C(F)(F)F)cc1OC. The molecular formula is C13H12F3NO3. The fourth-order valence-corrected chi connectivity index (χ4v) is 1.51. The number of Topliss-reactive ketones (excluding diaryl/α,β-unsaturated/α-hetero) is 1. The van der Waals surface area contributed by atoms with Crippen LogP contribution in [0.5, 0.6) is 5.75 Å². The van der Waals surface area contributed by atoms with Crippen molar-refractivity contribution in [2.24, 2.45) is 0 Å². The lowest BCUT2D eigenvalue weighted by atomic mass is 10.0. The summed E-state index contributed by atoms with van der Waals surface area (Å²) in [5.41, 5.74) is -1.12. The molecule has 0 fully saturated rings. The maximum Gasteiger partial charge on any atom is 0.418 e. The van der Waals surface area contributed by atoms with E-state index in [2.05, 4.69) is 4.98 Å². The van der Waals surface area contributed by atoms with Crippen molar-refractivity contribution in [1.82, 2.24) is 4.98 Å². The third-order valence-corrected chi connectivity index (χ3v) is 2.56. The first-order chi connectivity index (χ1) is 9.35. The standard InChI is InChI=1S/C13H12F3NO3/c1-3-8(4-5-18)12(19)11-10(20-2)6-9(7-17-11)13(14,15)16/h4-7H,3H2,1-2H3/b8-4-. The van der Waals surface area contributed by atoms with Gasteiger partial charge >= 0.3 is 6.18 Å². The van der Waals surface area contributed by atoms with E-state index in [-0.39, 0.29) is 23.4 Å². The number of nitrogens with zero attached hydrogens (tertiary/aromatic N) is 1. The van der Waals surface area contributed by atoms with Crippen molar-refractivity contribution in [2.45, 2.75) is 19.5 Å². The third-order valence-electron chi connectivity index (χ3n) is 2.56. The van der Waals surface area contributed by atoms with E-state index in [9.17, 15) is 22.8 Å².